The largest absolute Gasteiger partial charge is 0.380 e. The molecule has 0 saturated carbocycles. The predicted molar refractivity (Wildman–Crippen MR) is 65.1 cm³/mol. The Labute approximate surface area is 106 Å². The fourth-order valence-electron chi connectivity index (χ4n) is 1.23. The zero-order valence-electron chi connectivity index (χ0n) is 10.2. The molecule has 0 unspecified atom stereocenters. The van der Waals surface area contributed by atoms with Crippen LogP contribution in [0.3, 0.4) is 0 Å². The van der Waals surface area contributed by atoms with Crippen LogP contribution in [-0.4, -0.2) is 33.2 Å². The van der Waals surface area contributed by atoms with E-state index < -0.39 is 20.9 Å². The number of halogens is 1. The average molecular weight is 276 g/mol. The van der Waals surface area contributed by atoms with Gasteiger partial charge in [0, 0.05) is 19.3 Å². The van der Waals surface area contributed by atoms with Crippen LogP contribution >= 0.6 is 0 Å². The molecule has 0 bridgehead atoms. The van der Waals surface area contributed by atoms with Crippen molar-refractivity contribution in [2.45, 2.75) is 24.8 Å². The Bertz CT molecular complexity index is 465. The van der Waals surface area contributed by atoms with Crippen molar-refractivity contribution in [1.29, 1.82) is 0 Å². The van der Waals surface area contributed by atoms with Crippen LogP contribution < -0.4 is 4.72 Å². The molecular weight excluding hydrogens is 259 g/mol. The molecule has 1 aromatic heterocycles. The summed E-state index contributed by atoms with van der Waals surface area (Å²) in [6.45, 7) is 2.99. The molecule has 102 valence electrons. The Balaban J connectivity index is 2.44. The van der Waals surface area contributed by atoms with E-state index in [4.69, 9.17) is 4.74 Å². The van der Waals surface area contributed by atoms with Gasteiger partial charge in [0.2, 0.25) is 5.03 Å². The van der Waals surface area contributed by atoms with Gasteiger partial charge in [0.25, 0.3) is 10.0 Å². The lowest BCUT2D eigenvalue weighted by atomic mass is 10.4. The average Bonchev–Trinajstić information content (AvgIpc) is 2.34. The van der Waals surface area contributed by atoms with E-state index >= 15 is 0 Å². The molecule has 1 heterocycles. The highest BCUT2D eigenvalue weighted by Crippen LogP contribution is 2.09. The van der Waals surface area contributed by atoms with Crippen molar-refractivity contribution in [2.24, 2.45) is 0 Å². The van der Waals surface area contributed by atoms with Crippen molar-refractivity contribution in [1.82, 2.24) is 9.71 Å². The summed E-state index contributed by atoms with van der Waals surface area (Å²) < 4.78 is 44.0. The van der Waals surface area contributed by atoms with Gasteiger partial charge < -0.3 is 4.74 Å². The van der Waals surface area contributed by atoms with Crippen LogP contribution in [0.4, 0.5) is 4.39 Å². The summed E-state index contributed by atoms with van der Waals surface area (Å²) in [5, 5.41) is -0.585. The first-order chi connectivity index (χ1) is 8.58. The van der Waals surface area contributed by atoms with Gasteiger partial charge in [0.1, 0.15) is 0 Å². The summed E-state index contributed by atoms with van der Waals surface area (Å²) in [5.41, 5.74) is 0. The molecule has 18 heavy (non-hydrogen) atoms. The summed E-state index contributed by atoms with van der Waals surface area (Å²) in [7, 11) is -3.90. The van der Waals surface area contributed by atoms with Gasteiger partial charge in [-0.25, -0.2) is 22.5 Å². The number of hydrogen-bond acceptors (Lipinski definition) is 4. The first-order valence-electron chi connectivity index (χ1n) is 5.76. The smallest absolute Gasteiger partial charge is 0.261 e. The minimum Gasteiger partial charge on any atom is -0.380 e. The molecule has 0 spiro atoms. The Morgan fingerprint density at radius 1 is 1.44 bits per heavy atom. The number of hydrogen-bond donors (Lipinski definition) is 1. The zero-order chi connectivity index (χ0) is 13.4. The molecule has 1 aromatic rings. The van der Waals surface area contributed by atoms with Crippen LogP contribution in [0.2, 0.25) is 0 Å². The number of rotatable bonds is 8. The van der Waals surface area contributed by atoms with Gasteiger partial charge in [0.05, 0.1) is 6.61 Å². The monoisotopic (exact) mass is 276 g/mol. The molecule has 1 N–H and O–H groups in total. The van der Waals surface area contributed by atoms with Crippen molar-refractivity contribution in [2.75, 3.05) is 19.8 Å². The lowest BCUT2D eigenvalue weighted by Gasteiger charge is -2.07. The Morgan fingerprint density at radius 3 is 2.89 bits per heavy atom. The third-order valence-electron chi connectivity index (χ3n) is 2.16. The molecule has 0 aromatic carbocycles. The number of nitrogens with one attached hydrogen (secondary N) is 1. The predicted octanol–water partition coefficient (Wildman–Crippen LogP) is 1.32. The van der Waals surface area contributed by atoms with Gasteiger partial charge in [-0.3, -0.25) is 0 Å². The molecule has 5 nitrogen and oxygen atoms in total. The summed E-state index contributed by atoms with van der Waals surface area (Å²) in [6, 6.07) is 2.39. The summed E-state index contributed by atoms with van der Waals surface area (Å²) in [4.78, 5) is 3.51. The molecule has 0 aliphatic heterocycles. The second kappa shape index (κ2) is 7.40. The molecular formula is C11H17FN2O3S. The third-order valence-corrected chi connectivity index (χ3v) is 3.55. The lowest BCUT2D eigenvalue weighted by Crippen LogP contribution is -2.29. The molecule has 1 rings (SSSR count). The minimum atomic E-state index is -3.90. The van der Waals surface area contributed by atoms with Gasteiger partial charge in [-0.15, -0.1) is 0 Å². The van der Waals surface area contributed by atoms with E-state index in [1.165, 1.54) is 12.3 Å². The molecule has 0 saturated heterocycles. The molecule has 0 fully saturated rings. The van der Waals surface area contributed by atoms with Crippen molar-refractivity contribution >= 4 is 10.0 Å². The first-order valence-corrected chi connectivity index (χ1v) is 7.24. The van der Waals surface area contributed by atoms with E-state index in [-0.39, 0.29) is 13.2 Å². The fourth-order valence-corrected chi connectivity index (χ4v) is 2.25. The van der Waals surface area contributed by atoms with E-state index in [1.54, 1.807) is 0 Å². The molecule has 0 aliphatic rings. The summed E-state index contributed by atoms with van der Waals surface area (Å²) >= 11 is 0. The van der Waals surface area contributed by atoms with Gasteiger partial charge in [-0.05, 0) is 18.6 Å². The van der Waals surface area contributed by atoms with Crippen LogP contribution in [-0.2, 0) is 14.8 Å². The van der Waals surface area contributed by atoms with E-state index in [9.17, 15) is 12.8 Å². The van der Waals surface area contributed by atoms with E-state index in [1.807, 2.05) is 6.92 Å². The topological polar surface area (TPSA) is 68.3 Å². The van der Waals surface area contributed by atoms with Crippen molar-refractivity contribution in [3.05, 3.63) is 24.1 Å². The van der Waals surface area contributed by atoms with E-state index in [0.29, 0.717) is 6.61 Å². The van der Waals surface area contributed by atoms with Crippen LogP contribution in [0.25, 0.3) is 0 Å². The lowest BCUT2D eigenvalue weighted by molar-refractivity contribution is 0.136. The Kier molecular flexibility index (Phi) is 6.17. The van der Waals surface area contributed by atoms with Crippen LogP contribution in [0.5, 0.6) is 0 Å². The normalized spacial score (nSPS) is 11.7. The number of nitrogens with zero attached hydrogens (tertiary/aromatic N) is 1. The number of sulfonamides is 1. The quantitative estimate of drug-likeness (QED) is 0.727. The highest BCUT2D eigenvalue weighted by molar-refractivity contribution is 7.89. The molecule has 0 amide bonds. The number of ether oxygens (including phenoxy) is 1. The zero-order valence-corrected chi connectivity index (χ0v) is 11.0. The summed E-state index contributed by atoms with van der Waals surface area (Å²) in [5.74, 6) is -0.864. The van der Waals surface area contributed by atoms with Gasteiger partial charge >= 0.3 is 0 Å². The standard InChI is InChI=1S/C11H17FN2O3S/c1-2-3-8-17-9-7-14-18(15,16)11-10(12)5-4-6-13-11/h4-6,14H,2-3,7-9H2,1H3. The number of pyridine rings is 1. The maximum absolute atomic E-state index is 13.2. The second-order valence-corrected chi connectivity index (χ2v) is 5.34. The highest BCUT2D eigenvalue weighted by atomic mass is 32.2. The Morgan fingerprint density at radius 2 is 2.22 bits per heavy atom. The second-order valence-electron chi connectivity index (χ2n) is 3.65. The van der Waals surface area contributed by atoms with E-state index in [0.717, 1.165) is 18.9 Å². The molecule has 0 radical (unpaired) electrons. The molecule has 0 aliphatic carbocycles. The van der Waals surface area contributed by atoms with Crippen LogP contribution in [0.1, 0.15) is 19.8 Å². The maximum Gasteiger partial charge on any atom is 0.261 e. The molecule has 7 heteroatoms. The Hall–Kier alpha value is -1.05. The van der Waals surface area contributed by atoms with Crippen molar-refractivity contribution in [3.8, 4) is 0 Å². The summed E-state index contributed by atoms with van der Waals surface area (Å²) in [6.07, 6.45) is 3.18. The van der Waals surface area contributed by atoms with E-state index in [2.05, 4.69) is 9.71 Å². The first kappa shape index (κ1) is 15.0. The van der Waals surface area contributed by atoms with Crippen LogP contribution in [0.15, 0.2) is 23.4 Å². The van der Waals surface area contributed by atoms with Crippen molar-refractivity contribution in [3.63, 3.8) is 0 Å². The maximum atomic E-state index is 13.2. The van der Waals surface area contributed by atoms with Gasteiger partial charge in [-0.2, -0.15) is 0 Å². The highest BCUT2D eigenvalue weighted by Gasteiger charge is 2.19. The fraction of sp³-hybridized carbons (Fsp3) is 0.545. The minimum absolute atomic E-state index is 0.0993. The number of unbranched alkanes of at least 4 members (excludes halogenated alkanes) is 1. The third kappa shape index (κ3) is 4.67. The van der Waals surface area contributed by atoms with Gasteiger partial charge in [0.15, 0.2) is 5.82 Å². The van der Waals surface area contributed by atoms with Crippen LogP contribution in [0, 0.1) is 5.82 Å². The van der Waals surface area contributed by atoms with Crippen molar-refractivity contribution < 1.29 is 17.5 Å². The number of aromatic nitrogens is 1. The molecule has 0 atom stereocenters. The SMILES string of the molecule is CCCCOCCNS(=O)(=O)c1ncccc1F. The van der Waals surface area contributed by atoms with Gasteiger partial charge in [-0.1, -0.05) is 13.3 Å².